The number of fused-ring (bicyclic) bond motifs is 7. The molecule has 0 bridgehead atoms. The Morgan fingerprint density at radius 1 is 1.03 bits per heavy atom. The van der Waals surface area contributed by atoms with Crippen LogP contribution in [-0.4, -0.2) is 23.3 Å². The summed E-state index contributed by atoms with van der Waals surface area (Å²) >= 11 is 2.31. The molecule has 182 valence electrons. The molecule has 0 amide bonds. The molecule has 0 radical (unpaired) electrons. The summed E-state index contributed by atoms with van der Waals surface area (Å²) in [5.74, 6) is 1.02. The lowest BCUT2D eigenvalue weighted by Gasteiger charge is -2.59. The van der Waals surface area contributed by atoms with Crippen LogP contribution >= 0.6 is 22.6 Å². The first-order valence-electron chi connectivity index (χ1n) is 12.9. The van der Waals surface area contributed by atoms with Gasteiger partial charge in [0.25, 0.3) is 0 Å². The predicted octanol–water partition coefficient (Wildman–Crippen LogP) is 6.35. The second-order valence-corrected chi connectivity index (χ2v) is 13.4. The fourth-order valence-electron chi connectivity index (χ4n) is 9.04. The topological polar surface area (TPSA) is 52.6 Å². The number of hydrogen-bond acceptors (Lipinski definition) is 4. The van der Waals surface area contributed by atoms with Gasteiger partial charge in [-0.3, -0.25) is 9.59 Å². The lowest BCUT2D eigenvalue weighted by Crippen LogP contribution is -2.59. The molecule has 5 aliphatic rings. The maximum absolute atomic E-state index is 13.5. The third kappa shape index (κ3) is 2.89. The molecular formula is C29H35IO4. The number of allylic oxidation sites excluding steroid dienone is 1. The standard InChI is InChI=1S/C29H35IO4/c1-17(31)29-25(33-28(4,34-29)18-5-8-20(30)9-6-18)16-24-22-10-7-19-15-21(32)11-13-26(19,2)23(22)12-14-27(24,29)3/h5-6,8-9,15,22-25H,7,10-14,16H2,1-4H3/t22?,23?,24?,25-,26+,27+,28?,29-/m1/s1. The normalized spacial score (nSPS) is 47.3. The van der Waals surface area contributed by atoms with Gasteiger partial charge >= 0.3 is 0 Å². The minimum Gasteiger partial charge on any atom is -0.339 e. The third-order valence-electron chi connectivity index (χ3n) is 10.7. The number of carbonyl (C=O) groups excluding carboxylic acids is 2. The van der Waals surface area contributed by atoms with Crippen molar-refractivity contribution in [3.63, 3.8) is 0 Å². The van der Waals surface area contributed by atoms with E-state index in [9.17, 15) is 9.59 Å². The predicted molar refractivity (Wildman–Crippen MR) is 138 cm³/mol. The number of benzene rings is 1. The van der Waals surface area contributed by atoms with Crippen molar-refractivity contribution in [2.24, 2.45) is 28.6 Å². The highest BCUT2D eigenvalue weighted by atomic mass is 127. The van der Waals surface area contributed by atoms with Crippen LogP contribution in [0.2, 0.25) is 0 Å². The average Bonchev–Trinajstić information content (AvgIpc) is 3.23. The summed E-state index contributed by atoms with van der Waals surface area (Å²) in [7, 11) is 0. The Kier molecular flexibility index (Phi) is 5.14. The van der Waals surface area contributed by atoms with E-state index in [0.29, 0.717) is 30.0 Å². The summed E-state index contributed by atoms with van der Waals surface area (Å²) in [6.07, 6.45) is 8.44. The number of carbonyl (C=O) groups is 2. The van der Waals surface area contributed by atoms with E-state index in [1.54, 1.807) is 6.92 Å². The minimum atomic E-state index is -0.913. The molecule has 1 aromatic carbocycles. The Bertz CT molecular complexity index is 1090. The number of ether oxygens (including phenoxy) is 2. The highest BCUT2D eigenvalue weighted by Crippen LogP contribution is 2.71. The maximum Gasteiger partial charge on any atom is 0.193 e. The first kappa shape index (κ1) is 23.4. The van der Waals surface area contributed by atoms with E-state index in [0.717, 1.165) is 44.1 Å². The zero-order valence-corrected chi connectivity index (χ0v) is 22.8. The van der Waals surface area contributed by atoms with Gasteiger partial charge in [-0.25, -0.2) is 0 Å². The second kappa shape index (κ2) is 7.48. The van der Waals surface area contributed by atoms with Crippen LogP contribution in [0.15, 0.2) is 35.9 Å². The molecule has 5 heteroatoms. The maximum atomic E-state index is 13.5. The summed E-state index contributed by atoms with van der Waals surface area (Å²) in [5, 5.41) is 0. The van der Waals surface area contributed by atoms with Gasteiger partial charge < -0.3 is 9.47 Å². The monoisotopic (exact) mass is 574 g/mol. The Morgan fingerprint density at radius 2 is 1.76 bits per heavy atom. The van der Waals surface area contributed by atoms with Crippen LogP contribution in [0.25, 0.3) is 0 Å². The molecule has 8 atom stereocenters. The van der Waals surface area contributed by atoms with Gasteiger partial charge in [-0.15, -0.1) is 0 Å². The van der Waals surface area contributed by atoms with Crippen molar-refractivity contribution in [3.05, 3.63) is 45.0 Å². The van der Waals surface area contributed by atoms with Crippen LogP contribution in [0, 0.1) is 32.2 Å². The summed E-state index contributed by atoms with van der Waals surface area (Å²) in [6.45, 7) is 8.42. The van der Waals surface area contributed by atoms with Crippen molar-refractivity contribution in [1.82, 2.24) is 0 Å². The molecule has 3 saturated carbocycles. The van der Waals surface area contributed by atoms with Gasteiger partial charge in [0.1, 0.15) is 0 Å². The largest absolute Gasteiger partial charge is 0.339 e. The van der Waals surface area contributed by atoms with Crippen molar-refractivity contribution >= 4 is 34.2 Å². The smallest absolute Gasteiger partial charge is 0.193 e. The summed E-state index contributed by atoms with van der Waals surface area (Å²) in [6, 6.07) is 8.27. The number of Topliss-reactive ketones (excluding diaryl/α,β-unsaturated/α-hetero) is 1. The molecule has 1 heterocycles. The van der Waals surface area contributed by atoms with Gasteiger partial charge in [0, 0.05) is 21.0 Å². The Balaban J connectivity index is 1.37. The van der Waals surface area contributed by atoms with Gasteiger partial charge in [0.15, 0.2) is 23.0 Å². The van der Waals surface area contributed by atoms with E-state index in [1.807, 2.05) is 13.0 Å². The summed E-state index contributed by atoms with van der Waals surface area (Å²) < 4.78 is 14.8. The lowest BCUT2D eigenvalue weighted by atomic mass is 9.46. The summed E-state index contributed by atoms with van der Waals surface area (Å²) in [4.78, 5) is 25.7. The van der Waals surface area contributed by atoms with Crippen LogP contribution in [0.4, 0.5) is 0 Å². The molecule has 0 N–H and O–H groups in total. The van der Waals surface area contributed by atoms with Crippen molar-refractivity contribution in [2.45, 2.75) is 90.1 Å². The van der Waals surface area contributed by atoms with Crippen LogP contribution < -0.4 is 0 Å². The zero-order valence-electron chi connectivity index (χ0n) is 20.7. The SMILES string of the molecule is CC(=O)[C@@]12OC(C)(c3ccc(I)cc3)O[C@@H]1CC1C3CCC4=CC(=O)CC[C@]4(C)C3CC[C@@]12C. The van der Waals surface area contributed by atoms with Gasteiger partial charge in [0.05, 0.1) is 6.10 Å². The number of hydrogen-bond donors (Lipinski definition) is 0. The second-order valence-electron chi connectivity index (χ2n) is 12.1. The highest BCUT2D eigenvalue weighted by Gasteiger charge is 2.75. The van der Waals surface area contributed by atoms with Crippen LogP contribution in [0.3, 0.4) is 0 Å². The third-order valence-corrected chi connectivity index (χ3v) is 11.5. The first-order valence-corrected chi connectivity index (χ1v) is 14.0. The van der Waals surface area contributed by atoms with Gasteiger partial charge in [-0.1, -0.05) is 31.6 Å². The number of halogens is 1. The highest BCUT2D eigenvalue weighted by molar-refractivity contribution is 14.1. The molecule has 4 nitrogen and oxygen atoms in total. The summed E-state index contributed by atoms with van der Waals surface area (Å²) in [5.41, 5.74) is 1.33. The van der Waals surface area contributed by atoms with Gasteiger partial charge in [-0.05, 0) is 116 Å². The van der Waals surface area contributed by atoms with Gasteiger partial charge in [0.2, 0.25) is 0 Å². The molecule has 34 heavy (non-hydrogen) atoms. The van der Waals surface area contributed by atoms with Crippen LogP contribution in [0.5, 0.6) is 0 Å². The van der Waals surface area contributed by atoms with E-state index in [-0.39, 0.29) is 22.7 Å². The molecule has 4 fully saturated rings. The molecule has 4 aliphatic carbocycles. The Hall–Kier alpha value is -1.05. The Labute approximate surface area is 216 Å². The quantitative estimate of drug-likeness (QED) is 0.387. The van der Waals surface area contributed by atoms with Crippen LogP contribution in [0.1, 0.15) is 78.2 Å². The first-order chi connectivity index (χ1) is 16.0. The lowest BCUT2D eigenvalue weighted by molar-refractivity contribution is -0.227. The Morgan fingerprint density at radius 3 is 2.47 bits per heavy atom. The van der Waals surface area contributed by atoms with Crippen molar-refractivity contribution in [2.75, 3.05) is 0 Å². The zero-order chi connectivity index (χ0) is 24.1. The molecule has 1 aromatic rings. The molecule has 6 rings (SSSR count). The van der Waals surface area contributed by atoms with E-state index >= 15 is 0 Å². The van der Waals surface area contributed by atoms with E-state index < -0.39 is 11.4 Å². The molecule has 1 saturated heterocycles. The number of ketones is 2. The van der Waals surface area contributed by atoms with E-state index in [1.165, 1.54) is 9.14 Å². The number of rotatable bonds is 2. The van der Waals surface area contributed by atoms with Crippen molar-refractivity contribution in [1.29, 1.82) is 0 Å². The molecule has 0 aromatic heterocycles. The van der Waals surface area contributed by atoms with E-state index in [4.69, 9.17) is 9.47 Å². The van der Waals surface area contributed by atoms with Crippen LogP contribution in [-0.2, 0) is 24.8 Å². The van der Waals surface area contributed by atoms with Gasteiger partial charge in [-0.2, -0.15) is 0 Å². The van der Waals surface area contributed by atoms with Crippen molar-refractivity contribution < 1.29 is 19.1 Å². The van der Waals surface area contributed by atoms with E-state index in [2.05, 4.69) is 60.7 Å². The molecule has 1 aliphatic heterocycles. The molecule has 4 unspecified atom stereocenters. The minimum absolute atomic E-state index is 0.112. The fourth-order valence-corrected chi connectivity index (χ4v) is 9.40. The molecule has 0 spiro atoms. The van der Waals surface area contributed by atoms with Crippen molar-refractivity contribution in [3.8, 4) is 0 Å². The molecular weight excluding hydrogens is 539 g/mol. The fraction of sp³-hybridized carbons (Fsp3) is 0.655. The average molecular weight is 574 g/mol.